The zero-order valence-electron chi connectivity index (χ0n) is 10.2. The molecule has 6 nitrogen and oxygen atoms in total. The molecule has 0 aromatic carbocycles. The quantitative estimate of drug-likeness (QED) is 0.839. The second-order valence-electron chi connectivity index (χ2n) is 3.60. The SMILES string of the molecule is COC(=O)c1csc(CCNC(=O)c2ccco2)n1. The highest BCUT2D eigenvalue weighted by Crippen LogP contribution is 2.11. The molecule has 7 heteroatoms. The summed E-state index contributed by atoms with van der Waals surface area (Å²) in [5.41, 5.74) is 0.292. The van der Waals surface area contributed by atoms with Crippen LogP contribution in [0.4, 0.5) is 0 Å². The van der Waals surface area contributed by atoms with E-state index < -0.39 is 5.97 Å². The number of aromatic nitrogens is 1. The first kappa shape index (κ1) is 13.3. The number of hydrogen-bond acceptors (Lipinski definition) is 6. The molecule has 100 valence electrons. The van der Waals surface area contributed by atoms with Gasteiger partial charge in [-0.15, -0.1) is 11.3 Å². The van der Waals surface area contributed by atoms with Crippen LogP contribution in [0.3, 0.4) is 0 Å². The number of rotatable bonds is 5. The zero-order chi connectivity index (χ0) is 13.7. The van der Waals surface area contributed by atoms with Crippen LogP contribution in [-0.4, -0.2) is 30.5 Å². The van der Waals surface area contributed by atoms with Gasteiger partial charge in [0.25, 0.3) is 5.91 Å². The van der Waals surface area contributed by atoms with Crippen molar-refractivity contribution in [1.82, 2.24) is 10.3 Å². The van der Waals surface area contributed by atoms with Crippen LogP contribution < -0.4 is 5.32 Å². The lowest BCUT2D eigenvalue weighted by molar-refractivity contribution is 0.0594. The standard InChI is InChI=1S/C12H12N2O4S/c1-17-12(16)8-7-19-10(14-8)4-5-13-11(15)9-3-2-6-18-9/h2-3,6-7H,4-5H2,1H3,(H,13,15). The van der Waals surface area contributed by atoms with E-state index in [0.29, 0.717) is 18.7 Å². The fourth-order valence-electron chi connectivity index (χ4n) is 1.40. The average Bonchev–Trinajstić information content (AvgIpc) is 3.08. The van der Waals surface area contributed by atoms with Gasteiger partial charge >= 0.3 is 5.97 Å². The molecule has 0 unspecified atom stereocenters. The molecule has 2 rings (SSSR count). The van der Waals surface area contributed by atoms with Crippen molar-refractivity contribution < 1.29 is 18.7 Å². The van der Waals surface area contributed by atoms with Crippen LogP contribution in [-0.2, 0) is 11.2 Å². The van der Waals surface area contributed by atoms with Crippen LogP contribution in [0, 0.1) is 0 Å². The molecular formula is C12H12N2O4S. The normalized spacial score (nSPS) is 10.2. The van der Waals surface area contributed by atoms with Crippen molar-refractivity contribution >= 4 is 23.2 Å². The van der Waals surface area contributed by atoms with Gasteiger partial charge in [0.2, 0.25) is 0 Å². The Morgan fingerprint density at radius 2 is 2.37 bits per heavy atom. The summed E-state index contributed by atoms with van der Waals surface area (Å²) in [7, 11) is 1.31. The number of furan rings is 1. The molecular weight excluding hydrogens is 268 g/mol. The van der Waals surface area contributed by atoms with Gasteiger partial charge in [0.05, 0.1) is 18.4 Å². The highest BCUT2D eigenvalue weighted by molar-refractivity contribution is 7.09. The van der Waals surface area contributed by atoms with Crippen molar-refractivity contribution in [3.63, 3.8) is 0 Å². The Labute approximate surface area is 113 Å². The molecule has 2 aromatic heterocycles. The molecule has 0 fully saturated rings. The maximum absolute atomic E-state index is 11.6. The van der Waals surface area contributed by atoms with Gasteiger partial charge in [0.15, 0.2) is 11.5 Å². The van der Waals surface area contributed by atoms with E-state index in [1.807, 2.05) is 0 Å². The summed E-state index contributed by atoms with van der Waals surface area (Å²) in [6, 6.07) is 3.24. The molecule has 0 bridgehead atoms. The van der Waals surface area contributed by atoms with E-state index in [0.717, 1.165) is 5.01 Å². The van der Waals surface area contributed by atoms with Crippen LogP contribution >= 0.6 is 11.3 Å². The fourth-order valence-corrected chi connectivity index (χ4v) is 2.17. The molecule has 2 heterocycles. The van der Waals surface area contributed by atoms with E-state index in [9.17, 15) is 9.59 Å². The predicted molar refractivity (Wildman–Crippen MR) is 68.2 cm³/mol. The number of methoxy groups -OCH3 is 1. The monoisotopic (exact) mass is 280 g/mol. The lowest BCUT2D eigenvalue weighted by Gasteiger charge is -2.00. The van der Waals surface area contributed by atoms with Gasteiger partial charge in [0, 0.05) is 18.3 Å². The number of nitrogens with zero attached hydrogens (tertiary/aromatic N) is 1. The third-order valence-corrected chi connectivity index (χ3v) is 3.22. The summed E-state index contributed by atoms with van der Waals surface area (Å²) in [4.78, 5) is 26.9. The fraction of sp³-hybridized carbons (Fsp3) is 0.250. The molecule has 0 aliphatic carbocycles. The number of esters is 1. The van der Waals surface area contributed by atoms with Gasteiger partial charge in [-0.2, -0.15) is 0 Å². The van der Waals surface area contributed by atoms with Gasteiger partial charge in [0.1, 0.15) is 0 Å². The smallest absolute Gasteiger partial charge is 0.357 e. The lowest BCUT2D eigenvalue weighted by atomic mass is 10.4. The Hall–Kier alpha value is -2.15. The molecule has 2 aromatic rings. The maximum atomic E-state index is 11.6. The van der Waals surface area contributed by atoms with Crippen molar-refractivity contribution in [3.8, 4) is 0 Å². The van der Waals surface area contributed by atoms with E-state index in [1.165, 1.54) is 24.7 Å². The van der Waals surface area contributed by atoms with E-state index in [-0.39, 0.29) is 11.7 Å². The van der Waals surface area contributed by atoms with Gasteiger partial charge in [-0.1, -0.05) is 0 Å². The number of ether oxygens (including phenoxy) is 1. The van der Waals surface area contributed by atoms with E-state index in [2.05, 4.69) is 15.0 Å². The first-order valence-electron chi connectivity index (χ1n) is 5.55. The molecule has 0 saturated heterocycles. The van der Waals surface area contributed by atoms with Crippen LogP contribution in [0.2, 0.25) is 0 Å². The van der Waals surface area contributed by atoms with Crippen molar-refractivity contribution in [2.75, 3.05) is 13.7 Å². The lowest BCUT2D eigenvalue weighted by Crippen LogP contribution is -2.25. The molecule has 0 spiro atoms. The minimum absolute atomic E-state index is 0.269. The molecule has 0 saturated carbocycles. The number of hydrogen-bond donors (Lipinski definition) is 1. The summed E-state index contributed by atoms with van der Waals surface area (Å²) < 4.78 is 9.53. The summed E-state index contributed by atoms with van der Waals surface area (Å²) in [5.74, 6) is -0.453. The largest absolute Gasteiger partial charge is 0.464 e. The van der Waals surface area contributed by atoms with Crippen molar-refractivity contribution in [1.29, 1.82) is 0 Å². The Balaban J connectivity index is 1.81. The number of carbonyl (C=O) groups excluding carboxylic acids is 2. The number of amides is 1. The van der Waals surface area contributed by atoms with Crippen LogP contribution in [0.1, 0.15) is 26.1 Å². The minimum Gasteiger partial charge on any atom is -0.464 e. The Bertz CT molecular complexity index is 562. The van der Waals surface area contributed by atoms with Gasteiger partial charge in [-0.3, -0.25) is 4.79 Å². The van der Waals surface area contributed by atoms with Crippen molar-refractivity contribution in [2.24, 2.45) is 0 Å². The summed E-state index contributed by atoms with van der Waals surface area (Å²) in [6.45, 7) is 0.424. The van der Waals surface area contributed by atoms with E-state index in [1.54, 1.807) is 17.5 Å². The summed E-state index contributed by atoms with van der Waals surface area (Å²) >= 11 is 1.36. The topological polar surface area (TPSA) is 81.4 Å². The highest BCUT2D eigenvalue weighted by Gasteiger charge is 2.11. The molecule has 1 N–H and O–H groups in total. The van der Waals surface area contributed by atoms with E-state index in [4.69, 9.17) is 4.42 Å². The first-order valence-corrected chi connectivity index (χ1v) is 6.43. The minimum atomic E-state index is -0.456. The molecule has 0 aliphatic rings. The first-order chi connectivity index (χ1) is 9.20. The van der Waals surface area contributed by atoms with Crippen LogP contribution in [0.25, 0.3) is 0 Å². The van der Waals surface area contributed by atoms with E-state index >= 15 is 0 Å². The van der Waals surface area contributed by atoms with Crippen LogP contribution in [0.15, 0.2) is 28.2 Å². The molecule has 0 atom stereocenters. The molecule has 1 amide bonds. The van der Waals surface area contributed by atoms with Crippen LogP contribution in [0.5, 0.6) is 0 Å². The Morgan fingerprint density at radius 1 is 1.53 bits per heavy atom. The highest BCUT2D eigenvalue weighted by atomic mass is 32.1. The van der Waals surface area contributed by atoms with Gasteiger partial charge < -0.3 is 14.5 Å². The summed E-state index contributed by atoms with van der Waals surface area (Å²) in [5, 5.41) is 5.10. The van der Waals surface area contributed by atoms with Gasteiger partial charge in [-0.05, 0) is 12.1 Å². The third-order valence-electron chi connectivity index (χ3n) is 2.32. The molecule has 0 radical (unpaired) electrons. The van der Waals surface area contributed by atoms with Crippen molar-refractivity contribution in [3.05, 3.63) is 40.2 Å². The number of carbonyl (C=O) groups is 2. The average molecular weight is 280 g/mol. The van der Waals surface area contributed by atoms with Gasteiger partial charge in [-0.25, -0.2) is 9.78 Å². The predicted octanol–water partition coefficient (Wildman–Crippen LogP) is 1.50. The second kappa shape index (κ2) is 6.14. The maximum Gasteiger partial charge on any atom is 0.357 e. The third kappa shape index (κ3) is 3.41. The van der Waals surface area contributed by atoms with Crippen molar-refractivity contribution in [2.45, 2.75) is 6.42 Å². The second-order valence-corrected chi connectivity index (χ2v) is 4.54. The Kier molecular flexibility index (Phi) is 4.30. The Morgan fingerprint density at radius 3 is 3.05 bits per heavy atom. The molecule has 19 heavy (non-hydrogen) atoms. The summed E-state index contributed by atoms with van der Waals surface area (Å²) in [6.07, 6.45) is 1.99. The number of nitrogens with one attached hydrogen (secondary N) is 1. The molecule has 0 aliphatic heterocycles. The zero-order valence-corrected chi connectivity index (χ0v) is 11.0. The number of thiazole rings is 1.